The van der Waals surface area contributed by atoms with Crippen molar-refractivity contribution in [2.24, 2.45) is 0 Å². The first-order valence-corrected chi connectivity index (χ1v) is 9.48. The Hall–Kier alpha value is -2.91. The summed E-state index contributed by atoms with van der Waals surface area (Å²) in [5.74, 6) is -0.858. The molecule has 0 unspecified atom stereocenters. The molecule has 1 fully saturated rings. The van der Waals surface area contributed by atoms with E-state index in [4.69, 9.17) is 4.74 Å². The topological polar surface area (TPSA) is 105 Å². The maximum Gasteiger partial charge on any atom is 0.408 e. The fourth-order valence-electron chi connectivity index (χ4n) is 3.04. The molecule has 2 rings (SSSR count). The molecule has 0 aromatic heterocycles. The Morgan fingerprint density at radius 3 is 2.38 bits per heavy atom. The lowest BCUT2D eigenvalue weighted by molar-refractivity contribution is -0.384. The molecular formula is C19H27FN4O5. The Bertz CT molecular complexity index is 786. The van der Waals surface area contributed by atoms with Crippen molar-refractivity contribution in [3.05, 3.63) is 33.6 Å². The number of rotatable bonds is 5. The highest BCUT2D eigenvalue weighted by Gasteiger charge is 2.27. The van der Waals surface area contributed by atoms with E-state index in [0.717, 1.165) is 6.07 Å². The number of aryl methyl sites for hydroxylation is 1. The van der Waals surface area contributed by atoms with E-state index in [1.165, 1.54) is 6.07 Å². The number of hydrogen-bond acceptors (Lipinski definition) is 6. The highest BCUT2D eigenvalue weighted by atomic mass is 19.1. The molecule has 160 valence electrons. The van der Waals surface area contributed by atoms with Crippen LogP contribution in [0.1, 0.15) is 33.3 Å². The molecule has 1 aromatic carbocycles. The van der Waals surface area contributed by atoms with E-state index < -0.39 is 22.4 Å². The van der Waals surface area contributed by atoms with Gasteiger partial charge in [0.1, 0.15) is 23.7 Å². The van der Waals surface area contributed by atoms with Crippen LogP contribution in [0.25, 0.3) is 0 Å². The lowest BCUT2D eigenvalue weighted by Gasteiger charge is -2.36. The third-order valence-corrected chi connectivity index (χ3v) is 4.48. The van der Waals surface area contributed by atoms with Gasteiger partial charge in [0.05, 0.1) is 11.0 Å². The Labute approximate surface area is 168 Å². The van der Waals surface area contributed by atoms with E-state index in [2.05, 4.69) is 5.32 Å². The standard InChI is InChI=1S/C19H27FN4O5/c1-5-13-10-15(16(24(27)28)11-14(13)20)22-6-8-23(9-7-22)17(25)12-21-18(26)29-19(2,3)4/h10-11H,5-9,12H2,1-4H3,(H,21,26). The van der Waals surface area contributed by atoms with Gasteiger partial charge in [-0.05, 0) is 38.8 Å². The van der Waals surface area contributed by atoms with Crippen molar-refractivity contribution in [1.82, 2.24) is 10.2 Å². The molecule has 1 N–H and O–H groups in total. The Morgan fingerprint density at radius 1 is 1.24 bits per heavy atom. The zero-order valence-electron chi connectivity index (χ0n) is 17.2. The molecule has 1 heterocycles. The van der Waals surface area contributed by atoms with Gasteiger partial charge < -0.3 is 19.9 Å². The quantitative estimate of drug-likeness (QED) is 0.591. The van der Waals surface area contributed by atoms with E-state index in [0.29, 0.717) is 43.9 Å². The largest absolute Gasteiger partial charge is 0.444 e. The maximum atomic E-state index is 14.0. The molecular weight excluding hydrogens is 383 g/mol. The van der Waals surface area contributed by atoms with Crippen LogP contribution in [0.4, 0.5) is 20.6 Å². The van der Waals surface area contributed by atoms with Gasteiger partial charge in [0.25, 0.3) is 5.69 Å². The number of carbonyl (C=O) groups is 2. The van der Waals surface area contributed by atoms with E-state index >= 15 is 0 Å². The molecule has 1 aliphatic heterocycles. The second-order valence-electron chi connectivity index (χ2n) is 7.77. The molecule has 9 nitrogen and oxygen atoms in total. The van der Waals surface area contributed by atoms with Crippen LogP contribution in [-0.2, 0) is 16.0 Å². The molecule has 1 aliphatic rings. The molecule has 0 bridgehead atoms. The van der Waals surface area contributed by atoms with Crippen LogP contribution in [0.2, 0.25) is 0 Å². The average Bonchev–Trinajstić information content (AvgIpc) is 2.64. The van der Waals surface area contributed by atoms with Crippen LogP contribution in [0, 0.1) is 15.9 Å². The molecule has 0 aliphatic carbocycles. The van der Waals surface area contributed by atoms with Gasteiger partial charge in [-0.1, -0.05) is 6.92 Å². The summed E-state index contributed by atoms with van der Waals surface area (Å²) in [7, 11) is 0. The van der Waals surface area contributed by atoms with Crippen molar-refractivity contribution in [3.8, 4) is 0 Å². The Kier molecular flexibility index (Phi) is 6.99. The van der Waals surface area contributed by atoms with E-state index in [9.17, 15) is 24.1 Å². The number of alkyl carbamates (subject to hydrolysis) is 1. The van der Waals surface area contributed by atoms with Gasteiger partial charge in [0, 0.05) is 26.2 Å². The summed E-state index contributed by atoms with van der Waals surface area (Å²) >= 11 is 0. The minimum Gasteiger partial charge on any atom is -0.444 e. The van der Waals surface area contributed by atoms with E-state index in [1.54, 1.807) is 37.5 Å². The van der Waals surface area contributed by atoms with Crippen molar-refractivity contribution >= 4 is 23.4 Å². The molecule has 0 saturated carbocycles. The summed E-state index contributed by atoms with van der Waals surface area (Å²) in [5.41, 5.74) is -0.177. The maximum absolute atomic E-state index is 14.0. The number of nitro benzene ring substituents is 1. The van der Waals surface area contributed by atoms with Crippen LogP contribution < -0.4 is 10.2 Å². The molecule has 2 amide bonds. The normalized spacial score (nSPS) is 14.5. The number of piperazine rings is 1. The fourth-order valence-corrected chi connectivity index (χ4v) is 3.04. The zero-order chi connectivity index (χ0) is 21.8. The van der Waals surface area contributed by atoms with Crippen molar-refractivity contribution in [3.63, 3.8) is 0 Å². The number of hydrogen-bond donors (Lipinski definition) is 1. The molecule has 1 saturated heterocycles. The third-order valence-electron chi connectivity index (χ3n) is 4.48. The number of benzene rings is 1. The number of halogens is 1. The summed E-state index contributed by atoms with van der Waals surface area (Å²) in [6.45, 7) is 8.19. The molecule has 1 aromatic rings. The zero-order valence-corrected chi connectivity index (χ0v) is 17.2. The smallest absolute Gasteiger partial charge is 0.408 e. The van der Waals surface area contributed by atoms with Crippen LogP contribution in [-0.4, -0.2) is 60.1 Å². The monoisotopic (exact) mass is 410 g/mol. The number of nitrogens with zero attached hydrogens (tertiary/aromatic N) is 3. The number of nitrogens with one attached hydrogen (secondary N) is 1. The third kappa shape index (κ3) is 6.03. The van der Waals surface area contributed by atoms with E-state index in [-0.39, 0.29) is 18.1 Å². The first-order chi connectivity index (χ1) is 13.5. The second-order valence-corrected chi connectivity index (χ2v) is 7.77. The first-order valence-electron chi connectivity index (χ1n) is 9.48. The number of amides is 2. The summed E-state index contributed by atoms with van der Waals surface area (Å²) in [6.07, 6.45) is -0.246. The van der Waals surface area contributed by atoms with Gasteiger partial charge >= 0.3 is 6.09 Å². The lowest BCUT2D eigenvalue weighted by Crippen LogP contribution is -2.51. The van der Waals surface area contributed by atoms with E-state index in [1.807, 2.05) is 0 Å². The fraction of sp³-hybridized carbons (Fsp3) is 0.579. The summed E-state index contributed by atoms with van der Waals surface area (Å²) in [5, 5.41) is 13.8. The van der Waals surface area contributed by atoms with Gasteiger partial charge in [-0.25, -0.2) is 9.18 Å². The van der Waals surface area contributed by atoms with Crippen LogP contribution in [0.15, 0.2) is 12.1 Å². The van der Waals surface area contributed by atoms with Crippen molar-refractivity contribution in [2.75, 3.05) is 37.6 Å². The number of nitro groups is 1. The predicted molar refractivity (Wildman–Crippen MR) is 105 cm³/mol. The van der Waals surface area contributed by atoms with Gasteiger partial charge in [-0.3, -0.25) is 14.9 Å². The molecule has 0 atom stereocenters. The minimum atomic E-state index is -0.668. The van der Waals surface area contributed by atoms with Gasteiger partial charge in [-0.15, -0.1) is 0 Å². The number of ether oxygens (including phenoxy) is 1. The molecule has 0 radical (unpaired) electrons. The van der Waals surface area contributed by atoms with Gasteiger partial charge in [0.15, 0.2) is 0 Å². The van der Waals surface area contributed by atoms with Gasteiger partial charge in [0.2, 0.25) is 5.91 Å². The highest BCUT2D eigenvalue weighted by Crippen LogP contribution is 2.32. The first kappa shape index (κ1) is 22.4. The van der Waals surface area contributed by atoms with Crippen molar-refractivity contribution in [1.29, 1.82) is 0 Å². The van der Waals surface area contributed by atoms with Crippen molar-refractivity contribution in [2.45, 2.75) is 39.7 Å². The minimum absolute atomic E-state index is 0.189. The van der Waals surface area contributed by atoms with Crippen LogP contribution in [0.3, 0.4) is 0 Å². The molecule has 10 heteroatoms. The lowest BCUT2D eigenvalue weighted by atomic mass is 10.1. The summed E-state index contributed by atoms with van der Waals surface area (Å²) in [4.78, 5) is 38.1. The molecule has 29 heavy (non-hydrogen) atoms. The highest BCUT2D eigenvalue weighted by molar-refractivity contribution is 5.82. The predicted octanol–water partition coefficient (Wildman–Crippen LogP) is 2.47. The SMILES string of the molecule is CCc1cc(N2CCN(C(=O)CNC(=O)OC(C)(C)C)CC2)c([N+](=O)[O-])cc1F. The number of anilines is 1. The number of carbonyl (C=O) groups excluding carboxylic acids is 2. The Balaban J connectivity index is 1.98. The second kappa shape index (κ2) is 9.06. The summed E-state index contributed by atoms with van der Waals surface area (Å²) in [6, 6.07) is 2.46. The Morgan fingerprint density at radius 2 is 1.86 bits per heavy atom. The van der Waals surface area contributed by atoms with Crippen molar-refractivity contribution < 1.29 is 23.6 Å². The van der Waals surface area contributed by atoms with Gasteiger partial charge in [-0.2, -0.15) is 0 Å². The average molecular weight is 410 g/mol. The molecule has 0 spiro atoms. The van der Waals surface area contributed by atoms with Crippen LogP contribution in [0.5, 0.6) is 0 Å². The van der Waals surface area contributed by atoms with Crippen LogP contribution >= 0.6 is 0 Å². The summed E-state index contributed by atoms with van der Waals surface area (Å²) < 4.78 is 19.1.